The van der Waals surface area contributed by atoms with Gasteiger partial charge in [-0.15, -0.1) is 0 Å². The molecule has 0 saturated heterocycles. The molecule has 0 aromatic heterocycles. The summed E-state index contributed by atoms with van der Waals surface area (Å²) in [5, 5.41) is 0. The highest BCUT2D eigenvalue weighted by molar-refractivity contribution is 5.51. The molecular weight excluding hydrogens is 224 g/mol. The minimum absolute atomic E-state index is 0.0693. The largest absolute Gasteiger partial charge is 0.492 e. The molecule has 2 heterocycles. The van der Waals surface area contributed by atoms with Crippen LogP contribution in [0.3, 0.4) is 0 Å². The van der Waals surface area contributed by atoms with E-state index in [1.807, 2.05) is 30.3 Å². The van der Waals surface area contributed by atoms with Crippen molar-refractivity contribution in [2.75, 3.05) is 6.61 Å². The topological polar surface area (TPSA) is 18.5 Å². The molecule has 0 bridgehead atoms. The van der Waals surface area contributed by atoms with E-state index in [0.717, 1.165) is 17.1 Å². The molecular formula is C16H14O2. The van der Waals surface area contributed by atoms with Gasteiger partial charge in [0, 0.05) is 11.1 Å². The van der Waals surface area contributed by atoms with Crippen LogP contribution in [0.2, 0.25) is 0 Å². The Hall–Kier alpha value is -1.96. The smallest absolute Gasteiger partial charge is 0.140 e. The van der Waals surface area contributed by atoms with Crippen LogP contribution < -0.4 is 9.47 Å². The number of rotatable bonds is 0. The van der Waals surface area contributed by atoms with Crippen molar-refractivity contribution in [2.24, 2.45) is 0 Å². The molecule has 4 rings (SSSR count). The summed E-state index contributed by atoms with van der Waals surface area (Å²) in [7, 11) is 0. The Labute approximate surface area is 106 Å². The van der Waals surface area contributed by atoms with E-state index >= 15 is 0 Å². The van der Waals surface area contributed by atoms with Crippen molar-refractivity contribution in [3.05, 3.63) is 59.7 Å². The van der Waals surface area contributed by atoms with Gasteiger partial charge in [0.15, 0.2) is 0 Å². The third kappa shape index (κ3) is 1.13. The molecule has 90 valence electrons. The van der Waals surface area contributed by atoms with Crippen LogP contribution in [0.25, 0.3) is 0 Å². The predicted octanol–water partition coefficient (Wildman–Crippen LogP) is 3.47. The van der Waals surface area contributed by atoms with Crippen LogP contribution in [-0.2, 0) is 5.41 Å². The first-order valence-corrected chi connectivity index (χ1v) is 6.27. The van der Waals surface area contributed by atoms with Crippen LogP contribution in [0, 0.1) is 0 Å². The highest BCUT2D eigenvalue weighted by atomic mass is 16.5. The van der Waals surface area contributed by atoms with Gasteiger partial charge in [-0.05, 0) is 19.1 Å². The lowest BCUT2D eigenvalue weighted by Crippen LogP contribution is -2.38. The summed E-state index contributed by atoms with van der Waals surface area (Å²) in [5.74, 6) is 1.94. The first-order valence-electron chi connectivity index (χ1n) is 6.27. The second-order valence-corrected chi connectivity index (χ2v) is 5.24. The molecule has 2 atom stereocenters. The van der Waals surface area contributed by atoms with Crippen molar-refractivity contribution in [3.63, 3.8) is 0 Å². The van der Waals surface area contributed by atoms with Crippen LogP contribution in [0.4, 0.5) is 0 Å². The molecule has 2 aromatic carbocycles. The summed E-state index contributed by atoms with van der Waals surface area (Å²) >= 11 is 0. The lowest BCUT2D eigenvalue weighted by molar-refractivity contribution is 0.0827. The Balaban J connectivity index is 1.92. The molecule has 0 radical (unpaired) electrons. The van der Waals surface area contributed by atoms with Crippen molar-refractivity contribution in [1.82, 2.24) is 0 Å². The van der Waals surface area contributed by atoms with Gasteiger partial charge in [-0.1, -0.05) is 36.4 Å². The van der Waals surface area contributed by atoms with Gasteiger partial charge >= 0.3 is 0 Å². The summed E-state index contributed by atoms with van der Waals surface area (Å²) in [6.07, 6.45) is 0.0693. The van der Waals surface area contributed by atoms with Crippen molar-refractivity contribution < 1.29 is 9.47 Å². The molecule has 0 N–H and O–H groups in total. The number of ether oxygens (including phenoxy) is 2. The van der Waals surface area contributed by atoms with E-state index in [1.54, 1.807) is 0 Å². The van der Waals surface area contributed by atoms with Crippen LogP contribution in [0.1, 0.15) is 24.2 Å². The van der Waals surface area contributed by atoms with Crippen LogP contribution in [0.15, 0.2) is 48.5 Å². The summed E-state index contributed by atoms with van der Waals surface area (Å²) in [4.78, 5) is 0. The summed E-state index contributed by atoms with van der Waals surface area (Å²) < 4.78 is 12.1. The van der Waals surface area contributed by atoms with Gasteiger partial charge in [-0.2, -0.15) is 0 Å². The van der Waals surface area contributed by atoms with Crippen molar-refractivity contribution in [1.29, 1.82) is 0 Å². The Morgan fingerprint density at radius 2 is 1.72 bits per heavy atom. The van der Waals surface area contributed by atoms with Crippen molar-refractivity contribution >= 4 is 0 Å². The van der Waals surface area contributed by atoms with Crippen LogP contribution in [-0.4, -0.2) is 6.61 Å². The van der Waals surface area contributed by atoms with Gasteiger partial charge in [0.1, 0.15) is 24.2 Å². The van der Waals surface area contributed by atoms with E-state index in [-0.39, 0.29) is 11.5 Å². The van der Waals surface area contributed by atoms with Gasteiger partial charge in [0.05, 0.1) is 5.41 Å². The second kappa shape index (κ2) is 3.29. The van der Waals surface area contributed by atoms with E-state index in [1.165, 1.54) is 5.56 Å². The fraction of sp³-hybridized carbons (Fsp3) is 0.250. The van der Waals surface area contributed by atoms with Gasteiger partial charge in [-0.25, -0.2) is 0 Å². The van der Waals surface area contributed by atoms with Crippen molar-refractivity contribution in [2.45, 2.75) is 18.4 Å². The monoisotopic (exact) mass is 238 g/mol. The molecule has 18 heavy (non-hydrogen) atoms. The first kappa shape index (κ1) is 10.0. The maximum absolute atomic E-state index is 6.16. The van der Waals surface area contributed by atoms with Crippen LogP contribution >= 0.6 is 0 Å². The number of hydrogen-bond acceptors (Lipinski definition) is 2. The first-order chi connectivity index (χ1) is 8.79. The summed E-state index contributed by atoms with van der Waals surface area (Å²) in [6.45, 7) is 2.89. The molecule has 2 unspecified atom stereocenters. The normalized spacial score (nSPS) is 27.5. The Morgan fingerprint density at radius 3 is 2.61 bits per heavy atom. The third-order valence-corrected chi connectivity index (χ3v) is 4.05. The van der Waals surface area contributed by atoms with Gasteiger partial charge in [-0.3, -0.25) is 0 Å². The third-order valence-electron chi connectivity index (χ3n) is 4.05. The maximum atomic E-state index is 6.16. The predicted molar refractivity (Wildman–Crippen MR) is 69.1 cm³/mol. The average molecular weight is 238 g/mol. The Bertz CT molecular complexity index is 620. The second-order valence-electron chi connectivity index (χ2n) is 5.24. The van der Waals surface area contributed by atoms with Gasteiger partial charge < -0.3 is 9.47 Å². The average Bonchev–Trinajstić information content (AvgIpc) is 2.73. The zero-order valence-electron chi connectivity index (χ0n) is 10.2. The van der Waals surface area contributed by atoms with Gasteiger partial charge in [0.2, 0.25) is 0 Å². The minimum Gasteiger partial charge on any atom is -0.492 e. The molecule has 0 aliphatic carbocycles. The van der Waals surface area contributed by atoms with E-state index in [4.69, 9.17) is 9.47 Å². The number of fused-ring (bicyclic) bond motifs is 5. The molecule has 0 saturated carbocycles. The molecule has 0 fully saturated rings. The molecule has 0 spiro atoms. The lowest BCUT2D eigenvalue weighted by Gasteiger charge is -2.36. The van der Waals surface area contributed by atoms with E-state index in [0.29, 0.717) is 6.61 Å². The Kier molecular flexibility index (Phi) is 1.83. The van der Waals surface area contributed by atoms with Crippen LogP contribution in [0.5, 0.6) is 11.5 Å². The number of hydrogen-bond donors (Lipinski definition) is 0. The lowest BCUT2D eigenvalue weighted by atomic mass is 9.75. The van der Waals surface area contributed by atoms with E-state index in [2.05, 4.69) is 25.1 Å². The Morgan fingerprint density at radius 1 is 1.00 bits per heavy atom. The SMILES string of the molecule is CC12COc3ccccc3C1Oc1ccccc12. The highest BCUT2D eigenvalue weighted by Crippen LogP contribution is 2.54. The number of benzene rings is 2. The molecule has 2 aromatic rings. The fourth-order valence-corrected chi connectivity index (χ4v) is 3.06. The minimum atomic E-state index is -0.0784. The summed E-state index contributed by atoms with van der Waals surface area (Å²) in [6, 6.07) is 16.4. The maximum Gasteiger partial charge on any atom is 0.140 e. The highest BCUT2D eigenvalue weighted by Gasteiger charge is 2.50. The van der Waals surface area contributed by atoms with E-state index in [9.17, 15) is 0 Å². The van der Waals surface area contributed by atoms with E-state index < -0.39 is 0 Å². The molecule has 2 aliphatic rings. The summed E-state index contributed by atoms with van der Waals surface area (Å²) in [5.41, 5.74) is 2.33. The zero-order valence-corrected chi connectivity index (χ0v) is 10.2. The fourth-order valence-electron chi connectivity index (χ4n) is 3.06. The molecule has 0 amide bonds. The molecule has 2 aliphatic heterocycles. The molecule has 2 heteroatoms. The zero-order chi connectivity index (χ0) is 12.2. The quantitative estimate of drug-likeness (QED) is 0.699. The number of para-hydroxylation sites is 2. The standard InChI is InChI=1S/C16H14O2/c1-16-10-17-13-8-4-2-6-11(13)15(16)18-14-9-5-3-7-12(14)16/h2-9,15H,10H2,1H3. The van der Waals surface area contributed by atoms with Crippen molar-refractivity contribution in [3.8, 4) is 11.5 Å². The molecule has 2 nitrogen and oxygen atoms in total. The van der Waals surface area contributed by atoms with Gasteiger partial charge in [0.25, 0.3) is 0 Å².